The zero-order chi connectivity index (χ0) is 13.0. The number of morpholine rings is 1. The molecular weight excluding hydrogens is 228 g/mol. The molecule has 1 unspecified atom stereocenters. The van der Waals surface area contributed by atoms with Crippen molar-refractivity contribution in [1.29, 1.82) is 5.26 Å². The molecule has 0 aromatic carbocycles. The van der Waals surface area contributed by atoms with Crippen LogP contribution in [0.5, 0.6) is 0 Å². The van der Waals surface area contributed by atoms with Gasteiger partial charge in [0.25, 0.3) is 0 Å². The molecule has 2 heterocycles. The van der Waals surface area contributed by atoms with Crippen LogP contribution in [0.2, 0.25) is 0 Å². The molecule has 96 valence electrons. The summed E-state index contributed by atoms with van der Waals surface area (Å²) in [5.74, 6) is 0.657. The van der Waals surface area contributed by atoms with Crippen LogP contribution in [-0.4, -0.2) is 37.3 Å². The van der Waals surface area contributed by atoms with Crippen molar-refractivity contribution >= 4 is 5.82 Å². The number of anilines is 1. The Balaban J connectivity index is 2.06. The van der Waals surface area contributed by atoms with Gasteiger partial charge in [0.05, 0.1) is 18.3 Å². The Kier molecular flexibility index (Phi) is 4.13. The van der Waals surface area contributed by atoms with Crippen LogP contribution in [-0.2, 0) is 4.74 Å². The zero-order valence-electron chi connectivity index (χ0n) is 10.8. The zero-order valence-corrected chi connectivity index (χ0v) is 10.8. The van der Waals surface area contributed by atoms with Crippen LogP contribution in [0, 0.1) is 25.2 Å². The lowest BCUT2D eigenvalue weighted by molar-refractivity contribution is 0.0372. The second-order valence-electron chi connectivity index (χ2n) is 4.49. The summed E-state index contributed by atoms with van der Waals surface area (Å²) in [7, 11) is 0. The van der Waals surface area contributed by atoms with E-state index in [2.05, 4.69) is 21.7 Å². The fourth-order valence-electron chi connectivity index (χ4n) is 2.07. The molecule has 0 aliphatic carbocycles. The standard InChI is InChI=1S/C13H18N4O/c1-9-5-10(2)17-13(12(9)6-14)16-8-11-7-15-3-4-18-11/h5,11,15H,3-4,7-8H2,1-2H3,(H,16,17). The van der Waals surface area contributed by atoms with Gasteiger partial charge in [-0.05, 0) is 25.5 Å². The summed E-state index contributed by atoms with van der Waals surface area (Å²) < 4.78 is 5.60. The predicted octanol–water partition coefficient (Wildman–Crippen LogP) is 0.970. The number of pyridine rings is 1. The molecule has 1 fully saturated rings. The molecule has 5 nitrogen and oxygen atoms in total. The van der Waals surface area contributed by atoms with Crippen molar-refractivity contribution in [3.05, 3.63) is 22.9 Å². The Morgan fingerprint density at radius 1 is 1.61 bits per heavy atom. The summed E-state index contributed by atoms with van der Waals surface area (Å²) in [6.45, 7) is 6.99. The molecule has 1 aliphatic rings. The third-order valence-electron chi connectivity index (χ3n) is 2.96. The van der Waals surface area contributed by atoms with Gasteiger partial charge >= 0.3 is 0 Å². The van der Waals surface area contributed by atoms with Crippen molar-refractivity contribution in [2.24, 2.45) is 0 Å². The monoisotopic (exact) mass is 246 g/mol. The highest BCUT2D eigenvalue weighted by atomic mass is 16.5. The molecule has 2 N–H and O–H groups in total. The summed E-state index contributed by atoms with van der Waals surface area (Å²) in [5, 5.41) is 15.6. The molecule has 18 heavy (non-hydrogen) atoms. The van der Waals surface area contributed by atoms with E-state index in [9.17, 15) is 0 Å². The van der Waals surface area contributed by atoms with E-state index in [1.807, 2.05) is 19.9 Å². The van der Waals surface area contributed by atoms with E-state index >= 15 is 0 Å². The molecule has 1 atom stereocenters. The highest BCUT2D eigenvalue weighted by Crippen LogP contribution is 2.17. The summed E-state index contributed by atoms with van der Waals surface area (Å²) >= 11 is 0. The van der Waals surface area contributed by atoms with Gasteiger partial charge < -0.3 is 15.4 Å². The Hall–Kier alpha value is -1.64. The van der Waals surface area contributed by atoms with E-state index in [1.54, 1.807) is 0 Å². The van der Waals surface area contributed by atoms with Crippen molar-refractivity contribution < 1.29 is 4.74 Å². The van der Waals surface area contributed by atoms with Crippen molar-refractivity contribution in [1.82, 2.24) is 10.3 Å². The summed E-state index contributed by atoms with van der Waals surface area (Å²) in [6, 6.07) is 4.12. The van der Waals surface area contributed by atoms with E-state index in [0.29, 0.717) is 17.9 Å². The van der Waals surface area contributed by atoms with Gasteiger partial charge in [-0.25, -0.2) is 4.98 Å². The largest absolute Gasteiger partial charge is 0.374 e. The predicted molar refractivity (Wildman–Crippen MR) is 69.5 cm³/mol. The highest BCUT2D eigenvalue weighted by Gasteiger charge is 2.15. The Morgan fingerprint density at radius 2 is 2.44 bits per heavy atom. The first kappa shape index (κ1) is 12.8. The molecule has 0 spiro atoms. The van der Waals surface area contributed by atoms with E-state index in [1.165, 1.54) is 0 Å². The third-order valence-corrected chi connectivity index (χ3v) is 2.96. The molecule has 1 aromatic heterocycles. The van der Waals surface area contributed by atoms with Crippen LogP contribution >= 0.6 is 0 Å². The van der Waals surface area contributed by atoms with Gasteiger partial charge in [-0.3, -0.25) is 0 Å². The van der Waals surface area contributed by atoms with Crippen molar-refractivity contribution in [2.45, 2.75) is 20.0 Å². The third kappa shape index (κ3) is 2.97. The Morgan fingerprint density at radius 3 is 3.11 bits per heavy atom. The molecule has 0 saturated carbocycles. The maximum atomic E-state index is 9.15. The van der Waals surface area contributed by atoms with E-state index in [-0.39, 0.29) is 6.10 Å². The van der Waals surface area contributed by atoms with E-state index in [0.717, 1.165) is 31.0 Å². The Labute approximate surface area is 107 Å². The molecule has 0 bridgehead atoms. The first-order chi connectivity index (χ1) is 8.70. The topological polar surface area (TPSA) is 70.0 Å². The summed E-state index contributed by atoms with van der Waals surface area (Å²) in [4.78, 5) is 4.38. The van der Waals surface area contributed by atoms with E-state index in [4.69, 9.17) is 10.00 Å². The quantitative estimate of drug-likeness (QED) is 0.831. The average Bonchev–Trinajstić information content (AvgIpc) is 2.37. The number of aryl methyl sites for hydroxylation is 2. The lowest BCUT2D eigenvalue weighted by Crippen LogP contribution is -2.42. The minimum atomic E-state index is 0.132. The number of aromatic nitrogens is 1. The SMILES string of the molecule is Cc1cc(C)c(C#N)c(NCC2CNCCO2)n1. The fourth-order valence-corrected chi connectivity index (χ4v) is 2.07. The highest BCUT2D eigenvalue weighted by molar-refractivity contribution is 5.56. The molecule has 5 heteroatoms. The van der Waals surface area contributed by atoms with Crippen LogP contribution < -0.4 is 10.6 Å². The first-order valence-electron chi connectivity index (χ1n) is 6.15. The first-order valence-corrected chi connectivity index (χ1v) is 6.15. The number of nitrogens with zero attached hydrogens (tertiary/aromatic N) is 2. The average molecular weight is 246 g/mol. The lowest BCUT2D eigenvalue weighted by Gasteiger charge is -2.24. The van der Waals surface area contributed by atoms with E-state index < -0.39 is 0 Å². The number of ether oxygens (including phenoxy) is 1. The lowest BCUT2D eigenvalue weighted by atomic mass is 10.1. The molecule has 1 saturated heterocycles. The minimum absolute atomic E-state index is 0.132. The number of nitriles is 1. The number of hydrogen-bond donors (Lipinski definition) is 2. The minimum Gasteiger partial charge on any atom is -0.374 e. The number of nitrogens with one attached hydrogen (secondary N) is 2. The molecule has 1 aliphatic heterocycles. The van der Waals surface area contributed by atoms with Crippen LogP contribution in [0.25, 0.3) is 0 Å². The van der Waals surface area contributed by atoms with Crippen molar-refractivity contribution in [3.63, 3.8) is 0 Å². The van der Waals surface area contributed by atoms with Gasteiger partial charge in [0, 0.05) is 25.3 Å². The fraction of sp³-hybridized carbons (Fsp3) is 0.538. The smallest absolute Gasteiger partial charge is 0.144 e. The summed E-state index contributed by atoms with van der Waals surface area (Å²) in [6.07, 6.45) is 0.132. The van der Waals surface area contributed by atoms with Crippen LogP contribution in [0.15, 0.2) is 6.07 Å². The second kappa shape index (κ2) is 5.80. The molecule has 1 aromatic rings. The van der Waals surface area contributed by atoms with Gasteiger partial charge in [0.2, 0.25) is 0 Å². The van der Waals surface area contributed by atoms with Crippen LogP contribution in [0.1, 0.15) is 16.8 Å². The van der Waals surface area contributed by atoms with Gasteiger partial charge in [-0.15, -0.1) is 0 Å². The molecule has 0 amide bonds. The maximum absolute atomic E-state index is 9.15. The van der Waals surface area contributed by atoms with Crippen molar-refractivity contribution in [2.75, 3.05) is 31.6 Å². The number of rotatable bonds is 3. The second-order valence-corrected chi connectivity index (χ2v) is 4.49. The Bertz CT molecular complexity index is 461. The number of hydrogen-bond acceptors (Lipinski definition) is 5. The molecule has 0 radical (unpaired) electrons. The maximum Gasteiger partial charge on any atom is 0.144 e. The van der Waals surface area contributed by atoms with Gasteiger partial charge in [0.1, 0.15) is 11.9 Å². The van der Waals surface area contributed by atoms with Gasteiger partial charge in [0.15, 0.2) is 0 Å². The van der Waals surface area contributed by atoms with Gasteiger partial charge in [-0.2, -0.15) is 5.26 Å². The van der Waals surface area contributed by atoms with Crippen LogP contribution in [0.4, 0.5) is 5.82 Å². The molecular formula is C13H18N4O. The van der Waals surface area contributed by atoms with Crippen LogP contribution in [0.3, 0.4) is 0 Å². The summed E-state index contributed by atoms with van der Waals surface area (Å²) in [5.41, 5.74) is 2.48. The van der Waals surface area contributed by atoms with Crippen molar-refractivity contribution in [3.8, 4) is 6.07 Å². The molecule has 2 rings (SSSR count). The normalized spacial score (nSPS) is 19.3. The van der Waals surface area contributed by atoms with Gasteiger partial charge in [-0.1, -0.05) is 0 Å².